The maximum atomic E-state index is 13.3. The van der Waals surface area contributed by atoms with Crippen molar-refractivity contribution < 1.29 is 24.3 Å². The van der Waals surface area contributed by atoms with Crippen LogP contribution in [-0.4, -0.2) is 71.0 Å². The second-order valence-electron chi connectivity index (χ2n) is 9.34. The molecule has 3 amide bonds. The molecule has 0 aromatic carbocycles. The smallest absolute Gasteiger partial charge is 0.326 e. The van der Waals surface area contributed by atoms with Gasteiger partial charge in [0, 0.05) is 6.54 Å². The van der Waals surface area contributed by atoms with Gasteiger partial charge in [-0.2, -0.15) is 0 Å². The van der Waals surface area contributed by atoms with Gasteiger partial charge in [-0.3, -0.25) is 14.4 Å². The normalized spacial score (nSPS) is 19.0. The van der Waals surface area contributed by atoms with E-state index in [1.807, 2.05) is 13.8 Å². The Bertz CT molecular complexity index is 655. The van der Waals surface area contributed by atoms with E-state index in [1.165, 1.54) is 4.90 Å². The fourth-order valence-electron chi connectivity index (χ4n) is 3.88. The summed E-state index contributed by atoms with van der Waals surface area (Å²) in [5.74, 6) is -2.49. The van der Waals surface area contributed by atoms with Gasteiger partial charge in [0.15, 0.2) is 0 Å². The Hall–Kier alpha value is -2.20. The van der Waals surface area contributed by atoms with Crippen LogP contribution < -0.4 is 22.1 Å². The molecule has 0 aliphatic carbocycles. The van der Waals surface area contributed by atoms with Crippen molar-refractivity contribution in [1.82, 2.24) is 15.5 Å². The number of nitrogens with two attached hydrogens (primary N) is 2. The minimum Gasteiger partial charge on any atom is -0.480 e. The Kier molecular flexibility index (Phi) is 11.6. The summed E-state index contributed by atoms with van der Waals surface area (Å²) in [6.45, 7) is 8.22. The van der Waals surface area contributed by atoms with Crippen LogP contribution in [0.2, 0.25) is 0 Å². The van der Waals surface area contributed by atoms with Crippen molar-refractivity contribution in [3.8, 4) is 0 Å². The Balaban J connectivity index is 2.90. The molecule has 32 heavy (non-hydrogen) atoms. The third-order valence-electron chi connectivity index (χ3n) is 5.70. The van der Waals surface area contributed by atoms with Crippen LogP contribution in [0.4, 0.5) is 0 Å². The highest BCUT2D eigenvalue weighted by Gasteiger charge is 2.39. The number of nitrogens with one attached hydrogen (secondary N) is 2. The van der Waals surface area contributed by atoms with Crippen LogP contribution in [0.15, 0.2) is 0 Å². The summed E-state index contributed by atoms with van der Waals surface area (Å²) in [5, 5.41) is 14.7. The van der Waals surface area contributed by atoms with E-state index in [1.54, 1.807) is 13.8 Å². The van der Waals surface area contributed by atoms with Crippen LogP contribution in [0.5, 0.6) is 0 Å². The second kappa shape index (κ2) is 13.4. The third-order valence-corrected chi connectivity index (χ3v) is 5.70. The number of unbranched alkanes of at least 4 members (excludes halogenated alkanes) is 1. The second-order valence-corrected chi connectivity index (χ2v) is 9.34. The molecule has 4 atom stereocenters. The van der Waals surface area contributed by atoms with Crippen molar-refractivity contribution in [2.24, 2.45) is 23.3 Å². The molecule has 1 heterocycles. The number of nitrogens with zero attached hydrogens (tertiary/aromatic N) is 1. The largest absolute Gasteiger partial charge is 0.480 e. The van der Waals surface area contributed by atoms with Gasteiger partial charge in [-0.25, -0.2) is 4.79 Å². The summed E-state index contributed by atoms with van der Waals surface area (Å²) < 4.78 is 0. The van der Waals surface area contributed by atoms with E-state index >= 15 is 0 Å². The molecular formula is C22H41N5O5. The highest BCUT2D eigenvalue weighted by molar-refractivity contribution is 5.94. The molecule has 1 saturated heterocycles. The maximum absolute atomic E-state index is 13.3. The van der Waals surface area contributed by atoms with Crippen molar-refractivity contribution in [1.29, 1.82) is 0 Å². The monoisotopic (exact) mass is 455 g/mol. The zero-order valence-corrected chi connectivity index (χ0v) is 19.8. The zero-order chi connectivity index (χ0) is 24.4. The van der Waals surface area contributed by atoms with E-state index in [-0.39, 0.29) is 17.7 Å². The minimum atomic E-state index is -1.11. The van der Waals surface area contributed by atoms with Gasteiger partial charge in [0.2, 0.25) is 17.7 Å². The van der Waals surface area contributed by atoms with Crippen molar-refractivity contribution in [3.63, 3.8) is 0 Å². The molecule has 0 aromatic heterocycles. The molecule has 0 spiro atoms. The molecule has 0 aromatic rings. The van der Waals surface area contributed by atoms with Gasteiger partial charge in [-0.15, -0.1) is 0 Å². The van der Waals surface area contributed by atoms with E-state index in [9.17, 15) is 24.3 Å². The van der Waals surface area contributed by atoms with Crippen molar-refractivity contribution in [3.05, 3.63) is 0 Å². The van der Waals surface area contributed by atoms with Crippen molar-refractivity contribution >= 4 is 23.7 Å². The maximum Gasteiger partial charge on any atom is 0.326 e. The first-order valence-corrected chi connectivity index (χ1v) is 11.6. The number of aliphatic carboxylic acids is 1. The van der Waals surface area contributed by atoms with E-state index in [0.717, 1.165) is 12.8 Å². The molecule has 10 nitrogen and oxygen atoms in total. The number of carboxylic acid groups (broad SMARTS) is 1. The Morgan fingerprint density at radius 1 is 1.09 bits per heavy atom. The fourth-order valence-corrected chi connectivity index (χ4v) is 3.88. The molecular weight excluding hydrogens is 414 g/mol. The first kappa shape index (κ1) is 27.8. The molecule has 10 heteroatoms. The average Bonchev–Trinajstić information content (AvgIpc) is 3.19. The van der Waals surface area contributed by atoms with Crippen LogP contribution in [0.1, 0.15) is 66.2 Å². The van der Waals surface area contributed by atoms with Gasteiger partial charge in [-0.05, 0) is 50.5 Å². The Morgan fingerprint density at radius 2 is 1.75 bits per heavy atom. The number of hydrogen-bond acceptors (Lipinski definition) is 6. The number of carbonyl (C=O) groups excluding carboxylic acids is 3. The number of rotatable bonds is 13. The molecule has 7 N–H and O–H groups in total. The van der Waals surface area contributed by atoms with E-state index < -0.39 is 42.0 Å². The first-order valence-electron chi connectivity index (χ1n) is 11.6. The highest BCUT2D eigenvalue weighted by atomic mass is 16.4. The van der Waals surface area contributed by atoms with Gasteiger partial charge < -0.3 is 32.1 Å². The Morgan fingerprint density at radius 3 is 2.28 bits per heavy atom. The van der Waals surface area contributed by atoms with Crippen LogP contribution in [-0.2, 0) is 19.2 Å². The first-order chi connectivity index (χ1) is 15.0. The lowest BCUT2D eigenvalue weighted by molar-refractivity contribution is -0.146. The van der Waals surface area contributed by atoms with Crippen molar-refractivity contribution in [2.45, 2.75) is 90.4 Å². The molecule has 1 aliphatic rings. The van der Waals surface area contributed by atoms with Gasteiger partial charge >= 0.3 is 5.97 Å². The summed E-state index contributed by atoms with van der Waals surface area (Å²) in [7, 11) is 0. The summed E-state index contributed by atoms with van der Waals surface area (Å²) in [6, 6.07) is -3.31. The molecule has 184 valence electrons. The predicted molar refractivity (Wildman–Crippen MR) is 121 cm³/mol. The van der Waals surface area contributed by atoms with Gasteiger partial charge in [0.1, 0.15) is 18.1 Å². The van der Waals surface area contributed by atoms with Gasteiger partial charge in [0.25, 0.3) is 0 Å². The third kappa shape index (κ3) is 8.38. The van der Waals surface area contributed by atoms with Crippen LogP contribution >= 0.6 is 0 Å². The van der Waals surface area contributed by atoms with Crippen LogP contribution in [0.3, 0.4) is 0 Å². The van der Waals surface area contributed by atoms with Crippen LogP contribution in [0.25, 0.3) is 0 Å². The number of likely N-dealkylation sites (tertiary alicyclic amines) is 1. The topological polar surface area (TPSA) is 168 Å². The van der Waals surface area contributed by atoms with Crippen LogP contribution in [0, 0.1) is 11.8 Å². The lowest BCUT2D eigenvalue weighted by Gasteiger charge is -2.31. The molecule has 1 aliphatic heterocycles. The van der Waals surface area contributed by atoms with E-state index in [2.05, 4.69) is 10.6 Å². The number of amides is 3. The van der Waals surface area contributed by atoms with Crippen molar-refractivity contribution in [2.75, 3.05) is 13.1 Å². The molecule has 1 fully saturated rings. The van der Waals surface area contributed by atoms with Gasteiger partial charge in [-0.1, -0.05) is 34.1 Å². The standard InChI is InChI=1S/C22H41N5O5/c1-13(2)12-16(25-19(28)15(24)8-5-6-10-23)21(30)27-11-7-9-17(27)20(29)26-18(14(3)4)22(31)32/h13-18H,5-12,23-24H2,1-4H3,(H,25,28)(H,26,29)(H,31,32). The minimum absolute atomic E-state index is 0.130. The average molecular weight is 456 g/mol. The van der Waals surface area contributed by atoms with E-state index in [4.69, 9.17) is 11.5 Å². The summed E-state index contributed by atoms with van der Waals surface area (Å²) >= 11 is 0. The quantitative estimate of drug-likeness (QED) is 0.247. The molecule has 1 rings (SSSR count). The fraction of sp³-hybridized carbons (Fsp3) is 0.818. The SMILES string of the molecule is CC(C)CC(NC(=O)C(N)CCCCN)C(=O)N1CCCC1C(=O)NC(C(=O)O)C(C)C. The Labute approximate surface area is 190 Å². The predicted octanol–water partition coefficient (Wildman–Crippen LogP) is 0.190. The van der Waals surface area contributed by atoms with Gasteiger partial charge in [0.05, 0.1) is 6.04 Å². The molecule has 4 unspecified atom stereocenters. The lowest BCUT2D eigenvalue weighted by Crippen LogP contribution is -2.57. The zero-order valence-electron chi connectivity index (χ0n) is 19.8. The lowest BCUT2D eigenvalue weighted by atomic mass is 10.0. The summed E-state index contributed by atoms with van der Waals surface area (Å²) in [5.41, 5.74) is 11.5. The highest BCUT2D eigenvalue weighted by Crippen LogP contribution is 2.21. The molecule has 0 radical (unpaired) electrons. The number of carboxylic acids is 1. The van der Waals surface area contributed by atoms with E-state index in [0.29, 0.717) is 38.8 Å². The molecule has 0 bridgehead atoms. The number of hydrogen-bond donors (Lipinski definition) is 5. The molecule has 0 saturated carbocycles. The summed E-state index contributed by atoms with van der Waals surface area (Å²) in [4.78, 5) is 51.6. The summed E-state index contributed by atoms with van der Waals surface area (Å²) in [6.07, 6.45) is 3.46. The number of carbonyl (C=O) groups is 4.